The second kappa shape index (κ2) is 5.17. The van der Waals surface area contributed by atoms with E-state index in [4.69, 9.17) is 0 Å². The molecule has 0 aliphatic heterocycles. The van der Waals surface area contributed by atoms with Gasteiger partial charge in [-0.3, -0.25) is 0 Å². The predicted octanol–water partition coefficient (Wildman–Crippen LogP) is 3.50. The molecule has 0 saturated heterocycles. The summed E-state index contributed by atoms with van der Waals surface area (Å²) in [6, 6.07) is 8.49. The monoisotopic (exact) mass is 241 g/mol. The van der Waals surface area contributed by atoms with E-state index in [0.717, 1.165) is 29.4 Å². The van der Waals surface area contributed by atoms with Crippen molar-refractivity contribution in [3.63, 3.8) is 0 Å². The third kappa shape index (κ3) is 2.86. The molecule has 0 radical (unpaired) electrons. The van der Waals surface area contributed by atoms with Gasteiger partial charge in [-0.2, -0.15) is 0 Å². The summed E-state index contributed by atoms with van der Waals surface area (Å²) in [7, 11) is 0. The Morgan fingerprint density at radius 3 is 2.22 bits per heavy atom. The summed E-state index contributed by atoms with van der Waals surface area (Å²) < 4.78 is 0. The van der Waals surface area contributed by atoms with Crippen molar-refractivity contribution < 1.29 is 0 Å². The lowest BCUT2D eigenvalue weighted by atomic mass is 10.0. The molecule has 0 unspecified atom stereocenters. The van der Waals surface area contributed by atoms with E-state index in [2.05, 4.69) is 54.3 Å². The van der Waals surface area contributed by atoms with Crippen LogP contribution in [0.25, 0.3) is 11.3 Å². The molecular weight excluding hydrogens is 222 g/mol. The van der Waals surface area contributed by atoms with E-state index in [1.54, 1.807) is 0 Å². The Balaban J connectivity index is 2.49. The van der Waals surface area contributed by atoms with Crippen molar-refractivity contribution >= 4 is 5.82 Å². The summed E-state index contributed by atoms with van der Waals surface area (Å²) in [6.45, 7) is 9.06. The maximum atomic E-state index is 4.52. The first kappa shape index (κ1) is 12.6. The minimum atomic E-state index is 0.794. The van der Waals surface area contributed by atoms with E-state index in [9.17, 15) is 0 Å². The van der Waals surface area contributed by atoms with Gasteiger partial charge in [-0.1, -0.05) is 17.2 Å². The van der Waals surface area contributed by atoms with E-state index < -0.39 is 0 Å². The summed E-state index contributed by atoms with van der Waals surface area (Å²) >= 11 is 0. The Labute approximate surface area is 108 Å². The molecular formula is C15H19N3. The summed E-state index contributed by atoms with van der Waals surface area (Å²) in [6.07, 6.45) is 0. The van der Waals surface area contributed by atoms with Gasteiger partial charge >= 0.3 is 0 Å². The lowest BCUT2D eigenvalue weighted by Gasteiger charge is -2.08. The number of nitrogens with zero attached hydrogens (tertiary/aromatic N) is 2. The maximum Gasteiger partial charge on any atom is 0.130 e. The third-order valence-corrected chi connectivity index (χ3v) is 2.71. The van der Waals surface area contributed by atoms with Gasteiger partial charge in [0.05, 0.1) is 5.69 Å². The van der Waals surface area contributed by atoms with Gasteiger partial charge in [-0.25, -0.2) is 9.97 Å². The molecule has 2 aromatic rings. The number of aryl methyl sites for hydroxylation is 3. The number of aromatic nitrogens is 2. The van der Waals surface area contributed by atoms with Crippen LogP contribution in [0.1, 0.15) is 23.9 Å². The van der Waals surface area contributed by atoms with Crippen molar-refractivity contribution in [3.8, 4) is 11.3 Å². The van der Waals surface area contributed by atoms with Gasteiger partial charge in [0.1, 0.15) is 11.6 Å². The zero-order valence-electron chi connectivity index (χ0n) is 11.4. The van der Waals surface area contributed by atoms with Gasteiger partial charge < -0.3 is 5.32 Å². The Kier molecular flexibility index (Phi) is 3.60. The fourth-order valence-corrected chi connectivity index (χ4v) is 2.11. The molecule has 0 atom stereocenters. The van der Waals surface area contributed by atoms with Gasteiger partial charge in [0.25, 0.3) is 0 Å². The molecule has 0 spiro atoms. The summed E-state index contributed by atoms with van der Waals surface area (Å²) in [5, 5.41) is 3.24. The molecule has 0 bridgehead atoms. The zero-order valence-corrected chi connectivity index (χ0v) is 11.4. The highest BCUT2D eigenvalue weighted by Gasteiger charge is 2.05. The van der Waals surface area contributed by atoms with Crippen molar-refractivity contribution in [1.82, 2.24) is 9.97 Å². The average Bonchev–Trinajstić information content (AvgIpc) is 2.27. The smallest absolute Gasteiger partial charge is 0.130 e. The largest absolute Gasteiger partial charge is 0.370 e. The van der Waals surface area contributed by atoms with Crippen molar-refractivity contribution in [2.45, 2.75) is 27.7 Å². The van der Waals surface area contributed by atoms with Gasteiger partial charge in [0, 0.05) is 18.2 Å². The molecule has 0 saturated carbocycles. The zero-order chi connectivity index (χ0) is 13.1. The minimum absolute atomic E-state index is 0.794. The van der Waals surface area contributed by atoms with Gasteiger partial charge in [-0.15, -0.1) is 0 Å². The van der Waals surface area contributed by atoms with Crippen LogP contribution in [0.5, 0.6) is 0 Å². The second-order valence-corrected chi connectivity index (χ2v) is 4.59. The Morgan fingerprint density at radius 2 is 1.61 bits per heavy atom. The van der Waals surface area contributed by atoms with Crippen LogP contribution in [0.3, 0.4) is 0 Å². The van der Waals surface area contributed by atoms with Crippen molar-refractivity contribution in [1.29, 1.82) is 0 Å². The van der Waals surface area contributed by atoms with E-state index in [1.165, 1.54) is 11.1 Å². The molecule has 0 fully saturated rings. The van der Waals surface area contributed by atoms with E-state index in [1.807, 2.05) is 13.0 Å². The molecule has 0 amide bonds. The van der Waals surface area contributed by atoms with E-state index >= 15 is 0 Å². The fraction of sp³-hybridized carbons (Fsp3) is 0.333. The number of hydrogen-bond donors (Lipinski definition) is 1. The van der Waals surface area contributed by atoms with Crippen LogP contribution < -0.4 is 5.32 Å². The predicted molar refractivity (Wildman–Crippen MR) is 75.8 cm³/mol. The SMILES string of the molecule is CCNc1cc(-c2cc(C)cc(C)c2)nc(C)n1. The molecule has 1 N–H and O–H groups in total. The fourth-order valence-electron chi connectivity index (χ4n) is 2.11. The number of anilines is 1. The highest BCUT2D eigenvalue weighted by molar-refractivity contribution is 5.64. The highest BCUT2D eigenvalue weighted by atomic mass is 15.0. The second-order valence-electron chi connectivity index (χ2n) is 4.59. The first-order chi connectivity index (χ1) is 8.58. The van der Waals surface area contributed by atoms with Crippen LogP contribution in [0.15, 0.2) is 24.3 Å². The van der Waals surface area contributed by atoms with Crippen molar-refractivity contribution in [2.75, 3.05) is 11.9 Å². The van der Waals surface area contributed by atoms with Crippen LogP contribution in [-0.4, -0.2) is 16.5 Å². The van der Waals surface area contributed by atoms with Crippen LogP contribution in [-0.2, 0) is 0 Å². The number of benzene rings is 1. The molecule has 3 nitrogen and oxygen atoms in total. The average molecular weight is 241 g/mol. The quantitative estimate of drug-likeness (QED) is 0.893. The van der Waals surface area contributed by atoms with Gasteiger partial charge in [0.15, 0.2) is 0 Å². The summed E-state index contributed by atoms with van der Waals surface area (Å²) in [5.74, 6) is 1.68. The molecule has 1 aromatic heterocycles. The lowest BCUT2D eigenvalue weighted by molar-refractivity contribution is 1.04. The van der Waals surface area contributed by atoms with Gasteiger partial charge in [-0.05, 0) is 39.8 Å². The molecule has 1 aromatic carbocycles. The molecule has 1 heterocycles. The first-order valence-corrected chi connectivity index (χ1v) is 6.26. The Bertz CT molecular complexity index is 541. The summed E-state index contributed by atoms with van der Waals surface area (Å²) in [4.78, 5) is 8.89. The standard InChI is InChI=1S/C15H19N3/c1-5-16-15-9-14(17-12(4)18-15)13-7-10(2)6-11(3)8-13/h6-9H,5H2,1-4H3,(H,16,17,18). The number of hydrogen-bond acceptors (Lipinski definition) is 3. The Hall–Kier alpha value is -1.90. The van der Waals surface area contributed by atoms with Crippen LogP contribution in [0.2, 0.25) is 0 Å². The van der Waals surface area contributed by atoms with Gasteiger partial charge in [0.2, 0.25) is 0 Å². The number of nitrogens with one attached hydrogen (secondary N) is 1. The highest BCUT2D eigenvalue weighted by Crippen LogP contribution is 2.22. The third-order valence-electron chi connectivity index (χ3n) is 2.71. The van der Waals surface area contributed by atoms with Crippen LogP contribution in [0, 0.1) is 20.8 Å². The molecule has 0 aliphatic rings. The van der Waals surface area contributed by atoms with Crippen molar-refractivity contribution in [2.24, 2.45) is 0 Å². The van der Waals surface area contributed by atoms with Crippen molar-refractivity contribution in [3.05, 3.63) is 41.2 Å². The van der Waals surface area contributed by atoms with Crippen LogP contribution in [0.4, 0.5) is 5.82 Å². The Morgan fingerprint density at radius 1 is 0.944 bits per heavy atom. The van der Waals surface area contributed by atoms with Crippen LogP contribution >= 0.6 is 0 Å². The molecule has 94 valence electrons. The molecule has 3 heteroatoms. The lowest BCUT2D eigenvalue weighted by Crippen LogP contribution is -2.02. The summed E-state index contributed by atoms with van der Waals surface area (Å²) in [5.41, 5.74) is 4.64. The topological polar surface area (TPSA) is 37.8 Å². The maximum absolute atomic E-state index is 4.52. The minimum Gasteiger partial charge on any atom is -0.370 e. The van der Waals surface area contributed by atoms with E-state index in [0.29, 0.717) is 0 Å². The molecule has 0 aliphatic carbocycles. The molecule has 2 rings (SSSR count). The first-order valence-electron chi connectivity index (χ1n) is 6.26. The number of rotatable bonds is 3. The normalized spacial score (nSPS) is 10.4. The van der Waals surface area contributed by atoms with E-state index in [-0.39, 0.29) is 0 Å². The molecule has 18 heavy (non-hydrogen) atoms.